The highest BCUT2D eigenvalue weighted by Crippen LogP contribution is 2.36. The van der Waals surface area contributed by atoms with Crippen molar-refractivity contribution in [3.8, 4) is 0 Å². The maximum Gasteiger partial charge on any atom is 0.339 e. The molecule has 0 N–H and O–H groups in total. The highest BCUT2D eigenvalue weighted by Gasteiger charge is 2.32. The molecule has 1 aliphatic rings. The van der Waals surface area contributed by atoms with Crippen molar-refractivity contribution in [3.63, 3.8) is 0 Å². The van der Waals surface area contributed by atoms with Gasteiger partial charge in [0.2, 0.25) is 0 Å². The third-order valence-electron chi connectivity index (χ3n) is 4.65. The van der Waals surface area contributed by atoms with Crippen LogP contribution in [0.25, 0.3) is 5.65 Å². The zero-order valence-corrected chi connectivity index (χ0v) is 15.5. The number of thiophene rings is 1. The minimum atomic E-state index is -0.279. The lowest BCUT2D eigenvalue weighted by molar-refractivity contribution is 0.0524. The minimum Gasteiger partial charge on any atom is -0.462 e. The lowest BCUT2D eigenvalue weighted by atomic mass is 9.93. The number of esters is 1. The molecule has 0 saturated carbocycles. The molecule has 26 heavy (non-hydrogen) atoms. The summed E-state index contributed by atoms with van der Waals surface area (Å²) in [6, 6.07) is 5.65. The molecule has 0 aliphatic carbocycles. The first-order valence-corrected chi connectivity index (χ1v) is 9.46. The van der Waals surface area contributed by atoms with Crippen molar-refractivity contribution < 1.29 is 14.3 Å². The summed E-state index contributed by atoms with van der Waals surface area (Å²) in [5, 5.41) is 1.85. The second-order valence-electron chi connectivity index (χ2n) is 6.37. The standard InChI is InChI=1S/C19H19N3O3S/c1-3-25-19(24)13-11-26-15-10-21(9-12(2)17(13)15)18(23)14-8-20-16-6-4-5-7-22(14)16/h4-8,11-12H,3,9-10H2,1-2H3. The first kappa shape index (κ1) is 16.8. The molecule has 1 aliphatic heterocycles. The van der Waals surface area contributed by atoms with Crippen molar-refractivity contribution in [2.24, 2.45) is 0 Å². The molecule has 1 amide bonds. The Bertz CT molecular complexity index is 991. The summed E-state index contributed by atoms with van der Waals surface area (Å²) in [6.45, 7) is 5.27. The zero-order valence-electron chi connectivity index (χ0n) is 14.6. The van der Waals surface area contributed by atoms with Crippen LogP contribution in [-0.2, 0) is 11.3 Å². The summed E-state index contributed by atoms with van der Waals surface area (Å²) in [5.74, 6) is -0.252. The Morgan fingerprint density at radius 2 is 2.23 bits per heavy atom. The van der Waals surface area contributed by atoms with Crippen LogP contribution in [0, 0.1) is 0 Å². The molecule has 134 valence electrons. The minimum absolute atomic E-state index is 0.0488. The summed E-state index contributed by atoms with van der Waals surface area (Å²) in [4.78, 5) is 32.4. The quantitative estimate of drug-likeness (QED) is 0.664. The van der Waals surface area contributed by atoms with Crippen molar-refractivity contribution in [2.75, 3.05) is 13.2 Å². The van der Waals surface area contributed by atoms with E-state index >= 15 is 0 Å². The predicted octanol–water partition coefficient (Wildman–Crippen LogP) is 3.33. The number of carbonyl (C=O) groups excluding carboxylic acids is 2. The zero-order chi connectivity index (χ0) is 18.3. The fourth-order valence-corrected chi connectivity index (χ4v) is 4.66. The van der Waals surface area contributed by atoms with E-state index in [1.54, 1.807) is 17.5 Å². The number of ether oxygens (including phenoxy) is 1. The van der Waals surface area contributed by atoms with Crippen molar-refractivity contribution in [1.29, 1.82) is 0 Å². The number of carbonyl (C=O) groups is 2. The summed E-state index contributed by atoms with van der Waals surface area (Å²) in [7, 11) is 0. The van der Waals surface area contributed by atoms with E-state index in [1.165, 1.54) is 11.3 Å². The number of fused-ring (bicyclic) bond motifs is 2. The number of hydrogen-bond donors (Lipinski definition) is 0. The molecule has 0 aromatic carbocycles. The van der Waals surface area contributed by atoms with E-state index < -0.39 is 0 Å². The third-order valence-corrected chi connectivity index (χ3v) is 5.64. The van der Waals surface area contributed by atoms with Crippen LogP contribution < -0.4 is 0 Å². The predicted molar refractivity (Wildman–Crippen MR) is 98.6 cm³/mol. The van der Waals surface area contributed by atoms with Gasteiger partial charge in [-0.3, -0.25) is 9.20 Å². The van der Waals surface area contributed by atoms with Crippen LogP contribution in [-0.4, -0.2) is 39.3 Å². The van der Waals surface area contributed by atoms with E-state index in [-0.39, 0.29) is 17.8 Å². The fourth-order valence-electron chi connectivity index (χ4n) is 3.50. The monoisotopic (exact) mass is 369 g/mol. The second-order valence-corrected chi connectivity index (χ2v) is 7.33. The number of pyridine rings is 1. The van der Waals surface area contributed by atoms with Gasteiger partial charge in [-0.15, -0.1) is 11.3 Å². The topological polar surface area (TPSA) is 63.9 Å². The third kappa shape index (κ3) is 2.68. The Morgan fingerprint density at radius 3 is 3.04 bits per heavy atom. The summed E-state index contributed by atoms with van der Waals surface area (Å²) in [6.07, 6.45) is 3.47. The van der Waals surface area contributed by atoms with Crippen LogP contribution in [0.4, 0.5) is 0 Å². The van der Waals surface area contributed by atoms with Gasteiger partial charge in [-0.2, -0.15) is 0 Å². The van der Waals surface area contributed by atoms with E-state index in [1.807, 2.05) is 41.6 Å². The van der Waals surface area contributed by atoms with Gasteiger partial charge in [-0.05, 0) is 24.6 Å². The lowest BCUT2D eigenvalue weighted by Crippen LogP contribution is -2.38. The number of amides is 1. The van der Waals surface area contributed by atoms with Gasteiger partial charge in [0, 0.05) is 28.9 Å². The molecule has 3 aromatic rings. The summed E-state index contributed by atoms with van der Waals surface area (Å²) in [5.41, 5.74) is 2.97. The van der Waals surface area contributed by atoms with Gasteiger partial charge < -0.3 is 9.64 Å². The Morgan fingerprint density at radius 1 is 1.38 bits per heavy atom. The number of rotatable bonds is 3. The van der Waals surface area contributed by atoms with E-state index in [0.29, 0.717) is 31.0 Å². The normalized spacial score (nSPS) is 16.5. The lowest BCUT2D eigenvalue weighted by Gasteiger charge is -2.31. The van der Waals surface area contributed by atoms with Crippen LogP contribution in [0.2, 0.25) is 0 Å². The molecule has 0 spiro atoms. The first-order valence-electron chi connectivity index (χ1n) is 8.59. The van der Waals surface area contributed by atoms with E-state index in [4.69, 9.17) is 4.74 Å². The van der Waals surface area contributed by atoms with E-state index in [2.05, 4.69) is 4.98 Å². The van der Waals surface area contributed by atoms with Crippen LogP contribution in [0.1, 0.15) is 51.1 Å². The molecule has 4 rings (SSSR count). The molecule has 0 bridgehead atoms. The smallest absolute Gasteiger partial charge is 0.339 e. The Hall–Kier alpha value is -2.67. The summed E-state index contributed by atoms with van der Waals surface area (Å²) < 4.78 is 6.96. The Labute approximate surface area is 155 Å². The molecule has 7 heteroatoms. The molecule has 0 fully saturated rings. The van der Waals surface area contributed by atoms with Crippen molar-refractivity contribution in [2.45, 2.75) is 26.3 Å². The largest absolute Gasteiger partial charge is 0.462 e. The van der Waals surface area contributed by atoms with Crippen LogP contribution in [0.3, 0.4) is 0 Å². The van der Waals surface area contributed by atoms with Crippen molar-refractivity contribution in [1.82, 2.24) is 14.3 Å². The average Bonchev–Trinajstić information content (AvgIpc) is 3.25. The molecular weight excluding hydrogens is 350 g/mol. The number of nitrogens with zero attached hydrogens (tertiary/aromatic N) is 3. The van der Waals surface area contributed by atoms with Crippen molar-refractivity contribution in [3.05, 3.63) is 57.7 Å². The molecular formula is C19H19N3O3S. The van der Waals surface area contributed by atoms with Gasteiger partial charge in [-0.1, -0.05) is 13.0 Å². The highest BCUT2D eigenvalue weighted by atomic mass is 32.1. The average molecular weight is 369 g/mol. The van der Waals surface area contributed by atoms with Crippen LogP contribution >= 0.6 is 11.3 Å². The van der Waals surface area contributed by atoms with Gasteiger partial charge in [0.05, 0.1) is 24.9 Å². The number of imidazole rings is 1. The Kier molecular flexibility index (Phi) is 4.24. The van der Waals surface area contributed by atoms with Gasteiger partial charge in [0.1, 0.15) is 11.3 Å². The molecule has 0 saturated heterocycles. The van der Waals surface area contributed by atoms with E-state index in [9.17, 15) is 9.59 Å². The summed E-state index contributed by atoms with van der Waals surface area (Å²) >= 11 is 1.51. The Balaban J connectivity index is 1.63. The van der Waals surface area contributed by atoms with Gasteiger partial charge in [0.15, 0.2) is 0 Å². The molecule has 3 aromatic heterocycles. The maximum atomic E-state index is 13.1. The number of hydrogen-bond acceptors (Lipinski definition) is 5. The SMILES string of the molecule is CCOC(=O)c1csc2c1C(C)CN(C(=O)c1cnc3ccccn13)C2. The van der Waals surface area contributed by atoms with E-state index in [0.717, 1.165) is 16.1 Å². The van der Waals surface area contributed by atoms with Gasteiger partial charge in [0.25, 0.3) is 5.91 Å². The first-order chi connectivity index (χ1) is 12.6. The van der Waals surface area contributed by atoms with Crippen molar-refractivity contribution >= 4 is 28.9 Å². The second kappa shape index (κ2) is 6.57. The molecule has 4 heterocycles. The fraction of sp³-hybridized carbons (Fsp3) is 0.316. The maximum absolute atomic E-state index is 13.1. The highest BCUT2D eigenvalue weighted by molar-refractivity contribution is 7.10. The molecule has 0 radical (unpaired) electrons. The van der Waals surface area contributed by atoms with Crippen LogP contribution in [0.5, 0.6) is 0 Å². The van der Waals surface area contributed by atoms with Gasteiger partial charge in [-0.25, -0.2) is 9.78 Å². The number of aromatic nitrogens is 2. The molecule has 1 atom stereocenters. The molecule has 1 unspecified atom stereocenters. The van der Waals surface area contributed by atoms with Crippen LogP contribution in [0.15, 0.2) is 36.0 Å². The molecule has 6 nitrogen and oxygen atoms in total. The van der Waals surface area contributed by atoms with Gasteiger partial charge >= 0.3 is 5.97 Å².